The Morgan fingerprint density at radius 1 is 1.22 bits per heavy atom. The van der Waals surface area contributed by atoms with Gasteiger partial charge in [-0.2, -0.15) is 0 Å². The van der Waals surface area contributed by atoms with Gasteiger partial charge in [0.15, 0.2) is 11.5 Å². The minimum absolute atomic E-state index is 0.368. The molecule has 0 saturated carbocycles. The minimum Gasteiger partial charge on any atom is -0.493 e. The number of nitrogens with zero attached hydrogens (tertiary/aromatic N) is 1. The number of aliphatic hydroxyl groups excluding tert-OH is 1. The van der Waals surface area contributed by atoms with Gasteiger partial charge in [-0.25, -0.2) is 4.98 Å². The summed E-state index contributed by atoms with van der Waals surface area (Å²) < 4.78 is 11.2. The van der Waals surface area contributed by atoms with E-state index in [4.69, 9.17) is 21.1 Å². The molecule has 0 bridgehead atoms. The summed E-state index contributed by atoms with van der Waals surface area (Å²) in [4.78, 5) is 4.02. The largest absolute Gasteiger partial charge is 0.493 e. The smallest absolute Gasteiger partial charge is 0.161 e. The number of hydrogen-bond donors (Lipinski definition) is 2. The lowest BCUT2D eigenvalue weighted by Gasteiger charge is -2.13. The predicted molar refractivity (Wildman–Crippen MR) is 90.0 cm³/mol. The van der Waals surface area contributed by atoms with E-state index in [-0.39, 0.29) is 6.10 Å². The molecular formula is C17H21ClN2O3. The van der Waals surface area contributed by atoms with Crippen molar-refractivity contribution in [3.05, 3.63) is 52.8 Å². The summed E-state index contributed by atoms with van der Waals surface area (Å²) in [5.41, 5.74) is 1.99. The first-order chi connectivity index (χ1) is 11.1. The van der Waals surface area contributed by atoms with Gasteiger partial charge in [0.25, 0.3) is 0 Å². The molecule has 0 aliphatic rings. The Bertz CT molecular complexity index is 618. The number of aliphatic hydroxyl groups is 1. The van der Waals surface area contributed by atoms with Crippen molar-refractivity contribution >= 4 is 11.6 Å². The first kappa shape index (κ1) is 17.5. The second kappa shape index (κ2) is 8.72. The fraction of sp³-hybridized carbons (Fsp3) is 0.353. The number of methoxy groups -OCH3 is 1. The Balaban J connectivity index is 1.97. The lowest BCUT2D eigenvalue weighted by Crippen LogP contribution is -2.23. The highest BCUT2D eigenvalue weighted by atomic mass is 35.5. The van der Waals surface area contributed by atoms with Crippen molar-refractivity contribution in [3.8, 4) is 11.5 Å². The van der Waals surface area contributed by atoms with Gasteiger partial charge in [-0.3, -0.25) is 0 Å². The maximum Gasteiger partial charge on any atom is 0.161 e. The minimum atomic E-state index is -0.368. The average Bonchev–Trinajstić information content (AvgIpc) is 2.54. The van der Waals surface area contributed by atoms with Crippen LogP contribution in [0.4, 0.5) is 0 Å². The molecule has 1 unspecified atom stereocenters. The standard InChI is InChI=1S/C17H21ClN2O3/c1-12(21)8-19-9-13-3-5-15(16(7-13)22-2)23-11-14-4-6-17(18)20-10-14/h3-7,10,12,19,21H,8-9,11H2,1-2H3. The number of aromatic nitrogens is 1. The van der Waals surface area contributed by atoms with Crippen LogP contribution in [0.1, 0.15) is 18.1 Å². The van der Waals surface area contributed by atoms with E-state index in [1.165, 1.54) is 0 Å². The molecule has 1 aromatic carbocycles. The van der Waals surface area contributed by atoms with Crippen LogP contribution in [-0.2, 0) is 13.2 Å². The molecule has 5 nitrogen and oxygen atoms in total. The number of benzene rings is 1. The average molecular weight is 337 g/mol. The van der Waals surface area contributed by atoms with Crippen molar-refractivity contribution in [1.29, 1.82) is 0 Å². The Morgan fingerprint density at radius 3 is 2.65 bits per heavy atom. The molecule has 0 aliphatic carbocycles. The fourth-order valence-electron chi connectivity index (χ4n) is 2.02. The third-order valence-corrected chi connectivity index (χ3v) is 3.40. The van der Waals surface area contributed by atoms with Crippen LogP contribution in [0, 0.1) is 0 Å². The highest BCUT2D eigenvalue weighted by Crippen LogP contribution is 2.28. The first-order valence-corrected chi connectivity index (χ1v) is 7.75. The van der Waals surface area contributed by atoms with Gasteiger partial charge >= 0.3 is 0 Å². The number of pyridine rings is 1. The van der Waals surface area contributed by atoms with Gasteiger partial charge < -0.3 is 19.9 Å². The van der Waals surface area contributed by atoms with E-state index < -0.39 is 0 Å². The van der Waals surface area contributed by atoms with E-state index >= 15 is 0 Å². The van der Waals surface area contributed by atoms with Gasteiger partial charge in [0.2, 0.25) is 0 Å². The van der Waals surface area contributed by atoms with Crippen LogP contribution in [0.2, 0.25) is 5.15 Å². The Morgan fingerprint density at radius 2 is 2.00 bits per heavy atom. The van der Waals surface area contributed by atoms with Crippen LogP contribution in [0.25, 0.3) is 0 Å². The van der Waals surface area contributed by atoms with Crippen molar-refractivity contribution in [1.82, 2.24) is 10.3 Å². The third kappa shape index (κ3) is 5.71. The molecule has 0 spiro atoms. The molecule has 2 rings (SSSR count). The molecule has 0 saturated heterocycles. The molecule has 1 heterocycles. The zero-order valence-corrected chi connectivity index (χ0v) is 14.0. The van der Waals surface area contributed by atoms with Crippen LogP contribution < -0.4 is 14.8 Å². The van der Waals surface area contributed by atoms with E-state index in [0.29, 0.717) is 36.3 Å². The molecule has 1 aromatic heterocycles. The van der Waals surface area contributed by atoms with Crippen molar-refractivity contribution in [2.24, 2.45) is 0 Å². The molecule has 0 amide bonds. The molecule has 23 heavy (non-hydrogen) atoms. The summed E-state index contributed by atoms with van der Waals surface area (Å²) in [6.45, 7) is 3.34. The summed E-state index contributed by atoms with van der Waals surface area (Å²) >= 11 is 5.76. The summed E-state index contributed by atoms with van der Waals surface area (Å²) in [5, 5.41) is 12.9. The van der Waals surface area contributed by atoms with Crippen molar-refractivity contribution < 1.29 is 14.6 Å². The third-order valence-electron chi connectivity index (χ3n) is 3.18. The van der Waals surface area contributed by atoms with Crippen LogP contribution in [0.15, 0.2) is 36.5 Å². The van der Waals surface area contributed by atoms with E-state index in [2.05, 4.69) is 10.3 Å². The van der Waals surface area contributed by atoms with Gasteiger partial charge in [-0.1, -0.05) is 23.7 Å². The zero-order valence-electron chi connectivity index (χ0n) is 13.3. The first-order valence-electron chi connectivity index (χ1n) is 7.37. The van der Waals surface area contributed by atoms with Crippen molar-refractivity contribution in [2.75, 3.05) is 13.7 Å². The second-order valence-electron chi connectivity index (χ2n) is 5.24. The van der Waals surface area contributed by atoms with Crippen LogP contribution in [0.5, 0.6) is 11.5 Å². The zero-order chi connectivity index (χ0) is 16.7. The lowest BCUT2D eigenvalue weighted by molar-refractivity contribution is 0.191. The number of ether oxygens (including phenoxy) is 2. The number of rotatable bonds is 8. The van der Waals surface area contributed by atoms with Gasteiger partial charge in [0.1, 0.15) is 11.8 Å². The fourth-order valence-corrected chi connectivity index (χ4v) is 2.13. The van der Waals surface area contributed by atoms with Gasteiger partial charge in [0.05, 0.1) is 13.2 Å². The molecule has 124 valence electrons. The summed E-state index contributed by atoms with van der Waals surface area (Å²) in [7, 11) is 1.61. The summed E-state index contributed by atoms with van der Waals surface area (Å²) in [6.07, 6.45) is 1.32. The summed E-state index contributed by atoms with van der Waals surface area (Å²) in [6, 6.07) is 9.36. The van der Waals surface area contributed by atoms with Crippen molar-refractivity contribution in [2.45, 2.75) is 26.2 Å². The number of halogens is 1. The maximum atomic E-state index is 9.25. The van der Waals surface area contributed by atoms with E-state index in [1.807, 2.05) is 24.3 Å². The maximum absolute atomic E-state index is 9.25. The Kier molecular flexibility index (Phi) is 6.65. The van der Waals surface area contributed by atoms with Crippen LogP contribution >= 0.6 is 11.6 Å². The Hall–Kier alpha value is -1.82. The molecule has 2 N–H and O–H groups in total. The van der Waals surface area contributed by atoms with E-state index in [9.17, 15) is 5.11 Å². The highest BCUT2D eigenvalue weighted by molar-refractivity contribution is 6.29. The van der Waals surface area contributed by atoms with Crippen LogP contribution in [0.3, 0.4) is 0 Å². The molecular weight excluding hydrogens is 316 g/mol. The SMILES string of the molecule is COc1cc(CNCC(C)O)ccc1OCc1ccc(Cl)nc1. The van der Waals surface area contributed by atoms with Crippen LogP contribution in [-0.4, -0.2) is 29.8 Å². The molecule has 1 atom stereocenters. The topological polar surface area (TPSA) is 63.6 Å². The number of hydrogen-bond acceptors (Lipinski definition) is 5. The lowest BCUT2D eigenvalue weighted by atomic mass is 10.2. The molecule has 6 heteroatoms. The van der Waals surface area contributed by atoms with Gasteiger partial charge in [0, 0.05) is 24.8 Å². The Labute approximate surface area is 141 Å². The van der Waals surface area contributed by atoms with E-state index in [1.54, 1.807) is 26.3 Å². The monoisotopic (exact) mass is 336 g/mol. The van der Waals surface area contributed by atoms with E-state index in [0.717, 1.165) is 11.1 Å². The summed E-state index contributed by atoms with van der Waals surface area (Å²) in [5.74, 6) is 1.34. The molecule has 0 radical (unpaired) electrons. The van der Waals surface area contributed by atoms with Gasteiger partial charge in [-0.05, 0) is 30.7 Å². The number of nitrogens with one attached hydrogen (secondary N) is 1. The van der Waals surface area contributed by atoms with Gasteiger partial charge in [-0.15, -0.1) is 0 Å². The van der Waals surface area contributed by atoms with Crippen molar-refractivity contribution in [3.63, 3.8) is 0 Å². The quantitative estimate of drug-likeness (QED) is 0.726. The molecule has 2 aromatic rings. The predicted octanol–water partition coefficient (Wildman–Crippen LogP) is 2.79. The molecule has 0 aliphatic heterocycles. The normalized spacial score (nSPS) is 12.0. The second-order valence-corrected chi connectivity index (χ2v) is 5.63. The molecule has 0 fully saturated rings. The highest BCUT2D eigenvalue weighted by Gasteiger charge is 2.07.